The van der Waals surface area contributed by atoms with Crippen LogP contribution in [0.25, 0.3) is 0 Å². The number of nitrogens with zero attached hydrogens (tertiary/aromatic N) is 1. The van der Waals surface area contributed by atoms with Gasteiger partial charge in [-0.05, 0) is 55.3 Å². The Hall–Kier alpha value is -1.11. The van der Waals surface area contributed by atoms with Gasteiger partial charge >= 0.3 is 0 Å². The molecule has 1 fully saturated rings. The van der Waals surface area contributed by atoms with Gasteiger partial charge in [-0.2, -0.15) is 0 Å². The van der Waals surface area contributed by atoms with E-state index in [-0.39, 0.29) is 16.5 Å². The topological polar surface area (TPSA) is 49.4 Å². The van der Waals surface area contributed by atoms with Crippen molar-refractivity contribution in [3.63, 3.8) is 0 Å². The molecule has 1 aliphatic rings. The van der Waals surface area contributed by atoms with Gasteiger partial charge in [-0.1, -0.05) is 53.9 Å². The molecule has 140 valence electrons. The lowest BCUT2D eigenvalue weighted by atomic mass is 10.1. The third kappa shape index (κ3) is 4.99. The number of piperidine rings is 1. The Morgan fingerprint density at radius 3 is 2.38 bits per heavy atom. The lowest BCUT2D eigenvalue weighted by Crippen LogP contribution is -2.30. The highest BCUT2D eigenvalue weighted by atomic mass is 35.5. The standard InChI is InChI=1S/C19H22Cl2N2O2S/c20-17-8-9-18(21)19(12-17)26(24,25)22-13-15-6-2-3-7-16(15)14-23-10-4-1-5-11-23/h2-3,6-9,12,22H,1,4-5,10-11,13-14H2. The molecule has 3 rings (SSSR count). The van der Waals surface area contributed by atoms with Gasteiger partial charge in [-0.25, -0.2) is 13.1 Å². The number of benzene rings is 2. The summed E-state index contributed by atoms with van der Waals surface area (Å²) in [5, 5.41) is 0.490. The number of nitrogens with one attached hydrogen (secondary N) is 1. The summed E-state index contributed by atoms with van der Waals surface area (Å²) < 4.78 is 27.9. The smallest absolute Gasteiger partial charge is 0.242 e. The Kier molecular flexibility index (Phi) is 6.59. The molecule has 2 aromatic rings. The molecule has 0 aromatic heterocycles. The summed E-state index contributed by atoms with van der Waals surface area (Å²) in [5.74, 6) is 0. The van der Waals surface area contributed by atoms with E-state index in [0.29, 0.717) is 5.02 Å². The first-order valence-electron chi connectivity index (χ1n) is 8.69. The fourth-order valence-electron chi connectivity index (χ4n) is 3.18. The van der Waals surface area contributed by atoms with E-state index >= 15 is 0 Å². The third-order valence-electron chi connectivity index (χ3n) is 4.60. The molecule has 0 aliphatic carbocycles. The summed E-state index contributed by atoms with van der Waals surface area (Å²) >= 11 is 12.0. The molecular weight excluding hydrogens is 391 g/mol. The van der Waals surface area contributed by atoms with Crippen molar-refractivity contribution in [2.24, 2.45) is 0 Å². The van der Waals surface area contributed by atoms with Crippen LogP contribution in [-0.4, -0.2) is 26.4 Å². The van der Waals surface area contributed by atoms with Gasteiger partial charge in [0.2, 0.25) is 10.0 Å². The van der Waals surface area contributed by atoms with Crippen molar-refractivity contribution >= 4 is 33.2 Å². The van der Waals surface area contributed by atoms with Crippen LogP contribution >= 0.6 is 23.2 Å². The van der Waals surface area contributed by atoms with Crippen LogP contribution in [0.15, 0.2) is 47.4 Å². The van der Waals surface area contributed by atoms with E-state index in [1.807, 2.05) is 18.2 Å². The third-order valence-corrected chi connectivity index (χ3v) is 6.71. The first-order valence-corrected chi connectivity index (χ1v) is 10.9. The Balaban J connectivity index is 1.74. The van der Waals surface area contributed by atoms with Crippen molar-refractivity contribution in [2.45, 2.75) is 37.2 Å². The number of hydrogen-bond donors (Lipinski definition) is 1. The van der Waals surface area contributed by atoms with Gasteiger partial charge in [-0.3, -0.25) is 4.90 Å². The normalized spacial score (nSPS) is 15.9. The van der Waals surface area contributed by atoms with Crippen LogP contribution in [0.2, 0.25) is 10.0 Å². The van der Waals surface area contributed by atoms with Gasteiger partial charge in [-0.15, -0.1) is 0 Å². The molecule has 0 bridgehead atoms. The number of sulfonamides is 1. The molecular formula is C19H22Cl2N2O2S. The molecule has 0 saturated carbocycles. The highest BCUT2D eigenvalue weighted by Crippen LogP contribution is 2.25. The van der Waals surface area contributed by atoms with Gasteiger partial charge in [0, 0.05) is 18.1 Å². The molecule has 0 amide bonds. The molecule has 1 aliphatic heterocycles. The molecule has 1 heterocycles. The van der Waals surface area contributed by atoms with E-state index in [1.54, 1.807) is 6.07 Å². The van der Waals surface area contributed by atoms with E-state index in [1.165, 1.54) is 31.4 Å². The van der Waals surface area contributed by atoms with E-state index in [9.17, 15) is 8.42 Å². The first-order chi connectivity index (χ1) is 12.5. The maximum atomic E-state index is 12.6. The largest absolute Gasteiger partial charge is 0.299 e. The van der Waals surface area contributed by atoms with Crippen LogP contribution in [0.4, 0.5) is 0 Å². The summed E-state index contributed by atoms with van der Waals surface area (Å²) in [6, 6.07) is 12.4. The summed E-state index contributed by atoms with van der Waals surface area (Å²) in [5.41, 5.74) is 2.12. The predicted octanol–water partition coefficient (Wildman–Crippen LogP) is 4.46. The Labute approximate surface area is 165 Å². The van der Waals surface area contributed by atoms with Crippen molar-refractivity contribution in [1.82, 2.24) is 9.62 Å². The molecule has 1 saturated heterocycles. The average molecular weight is 413 g/mol. The van der Waals surface area contributed by atoms with Crippen LogP contribution in [0.5, 0.6) is 0 Å². The second-order valence-corrected chi connectivity index (χ2v) is 9.08. The summed E-state index contributed by atoms with van der Waals surface area (Å²) in [4.78, 5) is 2.42. The van der Waals surface area contributed by atoms with Gasteiger partial charge in [0.05, 0.1) is 5.02 Å². The van der Waals surface area contributed by atoms with Crippen LogP contribution < -0.4 is 4.72 Å². The second kappa shape index (κ2) is 8.72. The molecule has 0 radical (unpaired) electrons. The Morgan fingerprint density at radius 2 is 1.65 bits per heavy atom. The number of hydrogen-bond acceptors (Lipinski definition) is 3. The van der Waals surface area contributed by atoms with E-state index in [2.05, 4.69) is 15.7 Å². The fraction of sp³-hybridized carbons (Fsp3) is 0.368. The van der Waals surface area contributed by atoms with Crippen molar-refractivity contribution in [2.75, 3.05) is 13.1 Å². The van der Waals surface area contributed by atoms with Crippen molar-refractivity contribution < 1.29 is 8.42 Å². The van der Waals surface area contributed by atoms with Crippen LogP contribution in [0.3, 0.4) is 0 Å². The minimum absolute atomic E-state index is 0.000165. The maximum absolute atomic E-state index is 12.6. The van der Waals surface area contributed by atoms with Gasteiger partial charge < -0.3 is 0 Å². The molecule has 0 atom stereocenters. The van der Waals surface area contributed by atoms with E-state index < -0.39 is 10.0 Å². The Morgan fingerprint density at radius 1 is 0.962 bits per heavy atom. The van der Waals surface area contributed by atoms with Gasteiger partial charge in [0.25, 0.3) is 0 Å². The van der Waals surface area contributed by atoms with Crippen molar-refractivity contribution in [1.29, 1.82) is 0 Å². The lowest BCUT2D eigenvalue weighted by Gasteiger charge is -2.27. The molecule has 0 spiro atoms. The molecule has 26 heavy (non-hydrogen) atoms. The highest BCUT2D eigenvalue weighted by Gasteiger charge is 2.19. The molecule has 4 nitrogen and oxygen atoms in total. The minimum Gasteiger partial charge on any atom is -0.299 e. The van der Waals surface area contributed by atoms with Crippen LogP contribution in [-0.2, 0) is 23.1 Å². The maximum Gasteiger partial charge on any atom is 0.242 e. The lowest BCUT2D eigenvalue weighted by molar-refractivity contribution is 0.220. The van der Waals surface area contributed by atoms with Crippen molar-refractivity contribution in [3.8, 4) is 0 Å². The quantitative estimate of drug-likeness (QED) is 0.761. The second-order valence-electron chi connectivity index (χ2n) is 6.50. The highest BCUT2D eigenvalue weighted by molar-refractivity contribution is 7.89. The summed E-state index contributed by atoms with van der Waals surface area (Å²) in [6.07, 6.45) is 3.74. The summed E-state index contributed by atoms with van der Waals surface area (Å²) in [6.45, 7) is 3.25. The molecule has 7 heteroatoms. The predicted molar refractivity (Wildman–Crippen MR) is 106 cm³/mol. The SMILES string of the molecule is O=S(=O)(NCc1ccccc1CN1CCCCC1)c1cc(Cl)ccc1Cl. The number of likely N-dealkylation sites (tertiary alicyclic amines) is 1. The van der Waals surface area contributed by atoms with Crippen LogP contribution in [0.1, 0.15) is 30.4 Å². The molecule has 2 aromatic carbocycles. The zero-order valence-corrected chi connectivity index (χ0v) is 16.7. The van der Waals surface area contributed by atoms with E-state index in [0.717, 1.165) is 30.8 Å². The van der Waals surface area contributed by atoms with Crippen LogP contribution in [0, 0.1) is 0 Å². The van der Waals surface area contributed by atoms with Crippen molar-refractivity contribution in [3.05, 3.63) is 63.6 Å². The summed E-state index contributed by atoms with van der Waals surface area (Å²) in [7, 11) is -3.74. The monoisotopic (exact) mass is 412 g/mol. The number of halogens is 2. The first kappa shape index (κ1) is 19.6. The average Bonchev–Trinajstić information content (AvgIpc) is 2.64. The van der Waals surface area contributed by atoms with E-state index in [4.69, 9.17) is 23.2 Å². The Bertz CT molecular complexity index is 866. The minimum atomic E-state index is -3.74. The fourth-order valence-corrected chi connectivity index (χ4v) is 4.94. The molecule has 1 N–H and O–H groups in total. The zero-order chi connectivity index (χ0) is 18.6. The van der Waals surface area contributed by atoms with Gasteiger partial charge in [0.15, 0.2) is 0 Å². The molecule has 0 unspecified atom stereocenters. The van der Waals surface area contributed by atoms with Gasteiger partial charge in [0.1, 0.15) is 4.90 Å². The zero-order valence-electron chi connectivity index (χ0n) is 14.4. The number of rotatable bonds is 6.